The molecule has 1 aromatic carbocycles. The smallest absolute Gasteiger partial charge is 0.254 e. The van der Waals surface area contributed by atoms with Gasteiger partial charge in [0.05, 0.1) is 6.07 Å². The van der Waals surface area contributed by atoms with Crippen LogP contribution in [-0.2, 0) is 6.54 Å². The summed E-state index contributed by atoms with van der Waals surface area (Å²) in [5, 5.41) is 0. The molecule has 0 saturated heterocycles. The Labute approximate surface area is 98.3 Å². The molecule has 0 unspecified atom stereocenters. The lowest BCUT2D eigenvalue weighted by atomic mass is 10.2. The minimum Gasteiger partial charge on any atom is -0.438 e. The number of aromatic amines is 1. The normalized spacial score (nSPS) is 10.2. The number of ether oxygens (including phenoxy) is 1. The van der Waals surface area contributed by atoms with Crippen LogP contribution >= 0.6 is 0 Å². The minimum absolute atomic E-state index is 0.238. The van der Waals surface area contributed by atoms with E-state index in [0.29, 0.717) is 18.1 Å². The fraction of sp³-hybridized carbons (Fsp3) is 0.167. The average Bonchev–Trinajstić information content (AvgIpc) is 2.28. The molecule has 0 fully saturated rings. The van der Waals surface area contributed by atoms with Gasteiger partial charge in [-0.25, -0.2) is 4.98 Å². The molecule has 0 aliphatic rings. The molecule has 0 saturated carbocycles. The van der Waals surface area contributed by atoms with Crippen molar-refractivity contribution in [1.82, 2.24) is 9.97 Å². The summed E-state index contributed by atoms with van der Waals surface area (Å²) in [5.41, 5.74) is 6.23. The van der Waals surface area contributed by atoms with Gasteiger partial charge < -0.3 is 15.5 Å². The molecular formula is C12H13N3O2. The molecule has 0 bridgehead atoms. The summed E-state index contributed by atoms with van der Waals surface area (Å²) in [7, 11) is 0. The SMILES string of the molecule is Cc1nc(Oc2ccccc2CN)cc(=O)[nH]1. The molecule has 17 heavy (non-hydrogen) atoms. The van der Waals surface area contributed by atoms with E-state index in [1.807, 2.05) is 18.2 Å². The molecule has 0 aliphatic carbocycles. The van der Waals surface area contributed by atoms with Gasteiger partial charge in [0.2, 0.25) is 5.88 Å². The van der Waals surface area contributed by atoms with E-state index in [-0.39, 0.29) is 11.4 Å². The predicted octanol–water partition coefficient (Wildman–Crippen LogP) is 1.33. The Hall–Kier alpha value is -2.14. The van der Waals surface area contributed by atoms with Gasteiger partial charge in [-0.3, -0.25) is 4.79 Å². The van der Waals surface area contributed by atoms with Crippen molar-refractivity contribution in [3.63, 3.8) is 0 Å². The average molecular weight is 231 g/mol. The number of nitrogens with one attached hydrogen (secondary N) is 1. The number of H-pyrrole nitrogens is 1. The van der Waals surface area contributed by atoms with E-state index >= 15 is 0 Å². The summed E-state index contributed by atoms with van der Waals surface area (Å²) in [6, 6.07) is 8.69. The first kappa shape index (κ1) is 11.3. The highest BCUT2D eigenvalue weighted by Gasteiger charge is 2.04. The van der Waals surface area contributed by atoms with E-state index in [1.54, 1.807) is 13.0 Å². The van der Waals surface area contributed by atoms with E-state index in [0.717, 1.165) is 5.56 Å². The van der Waals surface area contributed by atoms with Crippen LogP contribution < -0.4 is 16.0 Å². The van der Waals surface area contributed by atoms with E-state index in [9.17, 15) is 4.79 Å². The van der Waals surface area contributed by atoms with Gasteiger partial charge in [0, 0.05) is 12.1 Å². The Balaban J connectivity index is 2.34. The lowest BCUT2D eigenvalue weighted by Crippen LogP contribution is -2.09. The van der Waals surface area contributed by atoms with Crippen molar-refractivity contribution in [1.29, 1.82) is 0 Å². The summed E-state index contributed by atoms with van der Waals surface area (Å²) < 4.78 is 5.55. The van der Waals surface area contributed by atoms with Gasteiger partial charge in [0.25, 0.3) is 5.56 Å². The van der Waals surface area contributed by atoms with Crippen LogP contribution in [0.25, 0.3) is 0 Å². The van der Waals surface area contributed by atoms with Crippen LogP contribution in [0, 0.1) is 6.92 Å². The molecule has 3 N–H and O–H groups in total. The van der Waals surface area contributed by atoms with Crippen LogP contribution in [-0.4, -0.2) is 9.97 Å². The molecule has 2 aromatic rings. The molecular weight excluding hydrogens is 218 g/mol. The van der Waals surface area contributed by atoms with Gasteiger partial charge in [0.1, 0.15) is 11.6 Å². The standard InChI is InChI=1S/C12H13N3O2/c1-8-14-11(16)6-12(15-8)17-10-5-3-2-4-9(10)7-13/h2-6H,7,13H2,1H3,(H,14,15,16). The number of para-hydroxylation sites is 1. The monoisotopic (exact) mass is 231 g/mol. The summed E-state index contributed by atoms with van der Waals surface area (Å²) in [4.78, 5) is 17.9. The first-order valence-corrected chi connectivity index (χ1v) is 5.23. The Morgan fingerprint density at radius 3 is 2.88 bits per heavy atom. The highest BCUT2D eigenvalue weighted by molar-refractivity contribution is 5.35. The molecule has 0 atom stereocenters. The molecule has 1 heterocycles. The van der Waals surface area contributed by atoms with Gasteiger partial charge in [-0.05, 0) is 13.0 Å². The predicted molar refractivity (Wildman–Crippen MR) is 64.0 cm³/mol. The number of aromatic nitrogens is 2. The van der Waals surface area contributed by atoms with Crippen LogP contribution in [0.5, 0.6) is 11.6 Å². The van der Waals surface area contributed by atoms with E-state index in [2.05, 4.69) is 9.97 Å². The van der Waals surface area contributed by atoms with Gasteiger partial charge in [-0.15, -0.1) is 0 Å². The van der Waals surface area contributed by atoms with Crippen LogP contribution in [0.15, 0.2) is 35.1 Å². The van der Waals surface area contributed by atoms with Crippen LogP contribution in [0.1, 0.15) is 11.4 Å². The summed E-state index contributed by atoms with van der Waals surface area (Å²) in [6.07, 6.45) is 0. The lowest BCUT2D eigenvalue weighted by molar-refractivity contribution is 0.453. The van der Waals surface area contributed by atoms with E-state index in [1.165, 1.54) is 6.07 Å². The Bertz CT molecular complexity index is 578. The van der Waals surface area contributed by atoms with Gasteiger partial charge in [-0.1, -0.05) is 18.2 Å². The third-order valence-corrected chi connectivity index (χ3v) is 2.24. The number of hydrogen-bond acceptors (Lipinski definition) is 4. The molecule has 5 nitrogen and oxygen atoms in total. The van der Waals surface area contributed by atoms with E-state index < -0.39 is 0 Å². The number of aryl methyl sites for hydroxylation is 1. The van der Waals surface area contributed by atoms with Crippen LogP contribution in [0.4, 0.5) is 0 Å². The van der Waals surface area contributed by atoms with Crippen molar-refractivity contribution in [2.75, 3.05) is 0 Å². The van der Waals surface area contributed by atoms with Crippen molar-refractivity contribution in [3.8, 4) is 11.6 Å². The first-order chi connectivity index (χ1) is 8.19. The molecule has 88 valence electrons. The maximum Gasteiger partial charge on any atom is 0.254 e. The second-order valence-corrected chi connectivity index (χ2v) is 3.58. The van der Waals surface area contributed by atoms with Crippen LogP contribution in [0.3, 0.4) is 0 Å². The third-order valence-electron chi connectivity index (χ3n) is 2.24. The molecule has 1 aromatic heterocycles. The number of hydrogen-bond donors (Lipinski definition) is 2. The molecule has 0 aliphatic heterocycles. The maximum absolute atomic E-state index is 11.3. The van der Waals surface area contributed by atoms with Crippen molar-refractivity contribution in [2.45, 2.75) is 13.5 Å². The van der Waals surface area contributed by atoms with Gasteiger partial charge in [-0.2, -0.15) is 0 Å². The second kappa shape index (κ2) is 4.80. The maximum atomic E-state index is 11.3. The summed E-state index contributed by atoms with van der Waals surface area (Å²) >= 11 is 0. The van der Waals surface area contributed by atoms with Crippen molar-refractivity contribution < 1.29 is 4.74 Å². The molecule has 0 amide bonds. The Kier molecular flexibility index (Phi) is 3.20. The minimum atomic E-state index is -0.238. The number of rotatable bonds is 3. The van der Waals surface area contributed by atoms with Crippen molar-refractivity contribution >= 4 is 0 Å². The zero-order valence-electron chi connectivity index (χ0n) is 9.43. The highest BCUT2D eigenvalue weighted by Crippen LogP contribution is 2.22. The molecule has 0 radical (unpaired) electrons. The third kappa shape index (κ3) is 2.70. The fourth-order valence-electron chi connectivity index (χ4n) is 1.49. The zero-order valence-corrected chi connectivity index (χ0v) is 9.43. The van der Waals surface area contributed by atoms with Gasteiger partial charge in [0.15, 0.2) is 0 Å². The lowest BCUT2D eigenvalue weighted by Gasteiger charge is -2.08. The largest absolute Gasteiger partial charge is 0.438 e. The number of nitrogens with zero attached hydrogens (tertiary/aromatic N) is 1. The topological polar surface area (TPSA) is 81.0 Å². The number of nitrogens with two attached hydrogens (primary N) is 1. The quantitative estimate of drug-likeness (QED) is 0.835. The highest BCUT2D eigenvalue weighted by atomic mass is 16.5. The van der Waals surface area contributed by atoms with Gasteiger partial charge >= 0.3 is 0 Å². The fourth-order valence-corrected chi connectivity index (χ4v) is 1.49. The summed E-state index contributed by atoms with van der Waals surface area (Å²) in [6.45, 7) is 2.07. The summed E-state index contributed by atoms with van der Waals surface area (Å²) in [5.74, 6) is 1.40. The molecule has 2 rings (SSSR count). The van der Waals surface area contributed by atoms with Crippen molar-refractivity contribution in [3.05, 3.63) is 52.1 Å². The zero-order chi connectivity index (χ0) is 12.3. The number of benzene rings is 1. The second-order valence-electron chi connectivity index (χ2n) is 3.58. The Morgan fingerprint density at radius 2 is 2.18 bits per heavy atom. The van der Waals surface area contributed by atoms with E-state index in [4.69, 9.17) is 10.5 Å². The van der Waals surface area contributed by atoms with Crippen LogP contribution in [0.2, 0.25) is 0 Å². The molecule has 5 heteroatoms. The first-order valence-electron chi connectivity index (χ1n) is 5.23. The molecule has 0 spiro atoms. The van der Waals surface area contributed by atoms with Crippen molar-refractivity contribution in [2.24, 2.45) is 5.73 Å². The Morgan fingerprint density at radius 1 is 1.41 bits per heavy atom.